The van der Waals surface area contributed by atoms with E-state index in [9.17, 15) is 18.0 Å². The van der Waals surface area contributed by atoms with Gasteiger partial charge in [0.1, 0.15) is 0 Å². The number of rotatable bonds is 11. The zero-order chi connectivity index (χ0) is 24.6. The van der Waals surface area contributed by atoms with Crippen molar-refractivity contribution in [1.29, 1.82) is 0 Å². The number of methoxy groups -OCH3 is 1. The van der Waals surface area contributed by atoms with Gasteiger partial charge in [-0.3, -0.25) is 14.7 Å². The lowest BCUT2D eigenvalue weighted by Crippen LogP contribution is -2.38. The average molecular weight is 499 g/mol. The first-order valence-electron chi connectivity index (χ1n) is 10.4. The maximum absolute atomic E-state index is 13.0. The summed E-state index contributed by atoms with van der Waals surface area (Å²) in [6.07, 6.45) is 0. The minimum absolute atomic E-state index is 0.0539. The van der Waals surface area contributed by atoms with Crippen molar-refractivity contribution in [2.45, 2.75) is 36.9 Å². The monoisotopic (exact) mass is 498 g/mol. The number of thioether (sulfide) groups is 1. The van der Waals surface area contributed by atoms with E-state index in [0.29, 0.717) is 36.2 Å². The van der Waals surface area contributed by atoms with Gasteiger partial charge in [0, 0.05) is 32.8 Å². The maximum atomic E-state index is 13.0. The largest absolute Gasteiger partial charge is 0.383 e. The number of imide groups is 1. The molecule has 0 aliphatic rings. The zero-order valence-electron chi connectivity index (χ0n) is 19.4. The molecule has 182 valence electrons. The summed E-state index contributed by atoms with van der Waals surface area (Å²) in [6, 6.07) is 5.74. The minimum atomic E-state index is -3.65. The van der Waals surface area contributed by atoms with Crippen molar-refractivity contribution >= 4 is 33.7 Å². The molecule has 11 nitrogen and oxygen atoms in total. The van der Waals surface area contributed by atoms with Crippen LogP contribution in [0.25, 0.3) is 11.4 Å². The second-order valence-electron chi connectivity index (χ2n) is 7.01. The third-order valence-electron chi connectivity index (χ3n) is 4.76. The van der Waals surface area contributed by atoms with Crippen LogP contribution in [0, 0.1) is 0 Å². The molecule has 1 aromatic carbocycles. The van der Waals surface area contributed by atoms with Crippen molar-refractivity contribution < 1.29 is 22.7 Å². The molecular weight excluding hydrogens is 468 g/mol. The highest BCUT2D eigenvalue weighted by Gasteiger charge is 2.24. The van der Waals surface area contributed by atoms with Gasteiger partial charge in [-0.05, 0) is 19.1 Å². The van der Waals surface area contributed by atoms with Crippen LogP contribution in [0.1, 0.15) is 26.8 Å². The standard InChI is InChI=1S/C20H30N6O5S2/c1-6-25(7-2)33(29,30)16-10-8-9-15(11-16)18-23-24-20(26(18)14(3)12-31-5)32-13-17(27)22-19(28)21-4/h8-11,14H,6-7,12-13H2,1-5H3,(H2,21,22,27,28). The summed E-state index contributed by atoms with van der Waals surface area (Å²) in [7, 11) is -0.661. The Labute approximate surface area is 198 Å². The summed E-state index contributed by atoms with van der Waals surface area (Å²) in [5, 5.41) is 13.4. The number of carbonyl (C=O) groups excluding carboxylic acids is 2. The van der Waals surface area contributed by atoms with Crippen molar-refractivity contribution in [3.63, 3.8) is 0 Å². The quantitative estimate of drug-likeness (QED) is 0.447. The number of ether oxygens (including phenoxy) is 1. The van der Waals surface area contributed by atoms with Gasteiger partial charge in [0.15, 0.2) is 11.0 Å². The molecule has 1 atom stereocenters. The molecule has 1 unspecified atom stereocenters. The van der Waals surface area contributed by atoms with Gasteiger partial charge in [0.2, 0.25) is 15.9 Å². The smallest absolute Gasteiger partial charge is 0.321 e. The lowest BCUT2D eigenvalue weighted by Gasteiger charge is -2.20. The molecule has 2 rings (SSSR count). The Morgan fingerprint density at radius 3 is 2.55 bits per heavy atom. The van der Waals surface area contributed by atoms with E-state index in [-0.39, 0.29) is 16.7 Å². The Kier molecular flexibility index (Phi) is 9.83. The first-order valence-corrected chi connectivity index (χ1v) is 12.8. The molecule has 13 heteroatoms. The molecule has 2 N–H and O–H groups in total. The molecule has 0 fully saturated rings. The molecule has 0 spiro atoms. The molecule has 1 heterocycles. The fourth-order valence-electron chi connectivity index (χ4n) is 3.15. The predicted molar refractivity (Wildman–Crippen MR) is 125 cm³/mol. The number of hydrogen-bond donors (Lipinski definition) is 2. The summed E-state index contributed by atoms with van der Waals surface area (Å²) in [4.78, 5) is 23.5. The SMILES string of the molecule is CCN(CC)S(=O)(=O)c1cccc(-c2nnc(SCC(=O)NC(=O)NC)n2C(C)COC)c1. The van der Waals surface area contributed by atoms with Gasteiger partial charge in [-0.25, -0.2) is 13.2 Å². The van der Waals surface area contributed by atoms with Gasteiger partial charge in [-0.1, -0.05) is 37.7 Å². The summed E-state index contributed by atoms with van der Waals surface area (Å²) >= 11 is 1.11. The molecule has 0 radical (unpaired) electrons. The fourth-order valence-corrected chi connectivity index (χ4v) is 5.49. The third-order valence-corrected chi connectivity index (χ3v) is 7.75. The maximum Gasteiger partial charge on any atom is 0.321 e. The van der Waals surface area contributed by atoms with Gasteiger partial charge >= 0.3 is 6.03 Å². The number of nitrogens with zero attached hydrogens (tertiary/aromatic N) is 4. The molecule has 0 aliphatic heterocycles. The van der Waals surface area contributed by atoms with Crippen LogP contribution in [-0.4, -0.2) is 79.0 Å². The van der Waals surface area contributed by atoms with Crippen LogP contribution in [0.15, 0.2) is 34.3 Å². The zero-order valence-corrected chi connectivity index (χ0v) is 21.0. The topological polar surface area (TPSA) is 136 Å². The van der Waals surface area contributed by atoms with Gasteiger partial charge in [-0.15, -0.1) is 10.2 Å². The molecular formula is C20H30N6O5S2. The van der Waals surface area contributed by atoms with Gasteiger partial charge in [0.05, 0.1) is 23.3 Å². The molecule has 2 aromatic rings. The van der Waals surface area contributed by atoms with Crippen molar-refractivity contribution in [3.8, 4) is 11.4 Å². The van der Waals surface area contributed by atoms with Crippen LogP contribution in [-0.2, 0) is 19.6 Å². The van der Waals surface area contributed by atoms with E-state index in [4.69, 9.17) is 4.74 Å². The van der Waals surface area contributed by atoms with E-state index in [0.717, 1.165) is 11.8 Å². The van der Waals surface area contributed by atoms with Crippen LogP contribution in [0.4, 0.5) is 4.79 Å². The van der Waals surface area contributed by atoms with Crippen molar-refractivity contribution in [1.82, 2.24) is 29.7 Å². The summed E-state index contributed by atoms with van der Waals surface area (Å²) < 4.78 is 34.4. The normalized spacial score (nSPS) is 12.5. The van der Waals surface area contributed by atoms with E-state index in [1.165, 1.54) is 11.4 Å². The van der Waals surface area contributed by atoms with Crippen molar-refractivity contribution in [2.75, 3.05) is 39.6 Å². The van der Waals surface area contributed by atoms with E-state index >= 15 is 0 Å². The van der Waals surface area contributed by atoms with Gasteiger partial charge < -0.3 is 10.1 Å². The molecule has 33 heavy (non-hydrogen) atoms. The summed E-state index contributed by atoms with van der Waals surface area (Å²) in [5.41, 5.74) is 0.570. The summed E-state index contributed by atoms with van der Waals surface area (Å²) in [5.74, 6) is -0.0886. The first-order chi connectivity index (χ1) is 15.7. The lowest BCUT2D eigenvalue weighted by molar-refractivity contribution is -0.117. The number of benzene rings is 1. The van der Waals surface area contributed by atoms with Crippen LogP contribution in [0.5, 0.6) is 0 Å². The number of sulfonamides is 1. The first kappa shape index (κ1) is 26.8. The highest BCUT2D eigenvalue weighted by molar-refractivity contribution is 7.99. The Bertz CT molecular complexity index is 1070. The van der Waals surface area contributed by atoms with Crippen molar-refractivity contribution in [2.24, 2.45) is 0 Å². The van der Waals surface area contributed by atoms with Crippen LogP contribution in [0.3, 0.4) is 0 Å². The molecule has 0 aliphatic carbocycles. The van der Waals surface area contributed by atoms with E-state index in [1.807, 2.05) is 6.92 Å². The minimum Gasteiger partial charge on any atom is -0.383 e. The highest BCUT2D eigenvalue weighted by Crippen LogP contribution is 2.29. The lowest BCUT2D eigenvalue weighted by atomic mass is 10.2. The Balaban J connectivity index is 2.43. The second-order valence-corrected chi connectivity index (χ2v) is 9.89. The third kappa shape index (κ3) is 6.53. The molecule has 0 saturated carbocycles. The van der Waals surface area contributed by atoms with E-state index < -0.39 is 22.0 Å². The van der Waals surface area contributed by atoms with Gasteiger partial charge in [-0.2, -0.15) is 4.31 Å². The van der Waals surface area contributed by atoms with Crippen LogP contribution in [0.2, 0.25) is 0 Å². The van der Waals surface area contributed by atoms with Crippen LogP contribution >= 0.6 is 11.8 Å². The number of hydrogen-bond acceptors (Lipinski definition) is 8. The Hall–Kier alpha value is -2.48. The van der Waals surface area contributed by atoms with E-state index in [1.54, 1.807) is 49.8 Å². The van der Waals surface area contributed by atoms with Crippen LogP contribution < -0.4 is 10.6 Å². The fraction of sp³-hybridized carbons (Fsp3) is 0.500. The van der Waals surface area contributed by atoms with E-state index in [2.05, 4.69) is 20.8 Å². The Morgan fingerprint density at radius 2 is 1.94 bits per heavy atom. The number of amides is 3. The highest BCUT2D eigenvalue weighted by atomic mass is 32.2. The molecule has 3 amide bonds. The second kappa shape index (κ2) is 12.1. The van der Waals surface area contributed by atoms with Crippen molar-refractivity contribution in [3.05, 3.63) is 24.3 Å². The predicted octanol–water partition coefficient (Wildman–Crippen LogP) is 1.73. The average Bonchev–Trinajstić information content (AvgIpc) is 3.22. The number of aromatic nitrogens is 3. The summed E-state index contributed by atoms with van der Waals surface area (Å²) in [6.45, 7) is 6.56. The Morgan fingerprint density at radius 1 is 1.24 bits per heavy atom. The number of carbonyl (C=O) groups is 2. The molecule has 0 bridgehead atoms. The molecule has 0 saturated heterocycles. The van der Waals surface area contributed by atoms with Gasteiger partial charge in [0.25, 0.3) is 0 Å². The number of urea groups is 1. The number of nitrogens with one attached hydrogen (secondary N) is 2. The molecule has 1 aromatic heterocycles.